The molecule has 0 unspecified atom stereocenters. The summed E-state index contributed by atoms with van der Waals surface area (Å²) in [5.74, 6) is -1.82. The van der Waals surface area contributed by atoms with Crippen LogP contribution in [0.5, 0.6) is 5.75 Å². The summed E-state index contributed by atoms with van der Waals surface area (Å²) < 4.78 is 27.5. The Morgan fingerprint density at radius 1 is 0.812 bits per heavy atom. The van der Waals surface area contributed by atoms with Crippen molar-refractivity contribution < 1.29 is 33.0 Å². The van der Waals surface area contributed by atoms with Gasteiger partial charge in [0.25, 0.3) is 0 Å². The van der Waals surface area contributed by atoms with E-state index in [9.17, 15) is 18.8 Å². The molecule has 0 aliphatic heterocycles. The summed E-state index contributed by atoms with van der Waals surface area (Å²) in [4.78, 5) is 34.2. The van der Waals surface area contributed by atoms with E-state index in [1.807, 2.05) is 0 Å². The predicted molar refractivity (Wildman–Crippen MR) is 115 cm³/mol. The molecular weight excluding hydrogens is 419 g/mol. The van der Waals surface area contributed by atoms with Crippen LogP contribution >= 0.6 is 0 Å². The van der Waals surface area contributed by atoms with E-state index in [-0.39, 0.29) is 31.9 Å². The second-order valence-corrected chi connectivity index (χ2v) is 6.18. The molecule has 166 valence electrons. The quantitative estimate of drug-likeness (QED) is 0.133. The average molecular weight is 440 g/mol. The van der Waals surface area contributed by atoms with Crippen molar-refractivity contribution in [3.05, 3.63) is 78.1 Å². The molecule has 9 heteroatoms. The molecule has 2 rings (SSSR count). The molecule has 0 N–H and O–H groups in total. The first-order chi connectivity index (χ1) is 15.5. The molecule has 0 aromatic heterocycles. The van der Waals surface area contributed by atoms with Crippen molar-refractivity contribution in [3.8, 4) is 5.75 Å². The number of carbonyl (C=O) groups is 3. The molecule has 0 spiro atoms. The predicted octanol–water partition coefficient (Wildman–Crippen LogP) is 3.24. The lowest BCUT2D eigenvalue weighted by atomic mass is 10.2. The van der Waals surface area contributed by atoms with E-state index in [4.69, 9.17) is 9.47 Å². The summed E-state index contributed by atoms with van der Waals surface area (Å²) >= 11 is 0. The van der Waals surface area contributed by atoms with Gasteiger partial charge in [0.05, 0.1) is 25.3 Å². The Morgan fingerprint density at radius 3 is 1.94 bits per heavy atom. The zero-order valence-electron chi connectivity index (χ0n) is 17.1. The van der Waals surface area contributed by atoms with Gasteiger partial charge in [-0.2, -0.15) is 10.2 Å². The maximum Gasteiger partial charge on any atom is 0.330 e. The molecule has 32 heavy (non-hydrogen) atoms. The molecule has 0 aliphatic rings. The largest absolute Gasteiger partial charge is 0.462 e. The van der Waals surface area contributed by atoms with Crippen molar-refractivity contribution >= 4 is 30.3 Å². The van der Waals surface area contributed by atoms with Crippen molar-refractivity contribution in [2.24, 2.45) is 10.2 Å². The first-order valence-electron chi connectivity index (χ1n) is 9.54. The highest BCUT2D eigenvalue weighted by Crippen LogP contribution is 2.12. The smallest absolute Gasteiger partial charge is 0.330 e. The lowest BCUT2D eigenvalue weighted by Crippen LogP contribution is -2.15. The molecule has 2 aromatic rings. The van der Waals surface area contributed by atoms with Crippen LogP contribution < -0.4 is 4.74 Å². The van der Waals surface area contributed by atoms with Crippen LogP contribution in [0.3, 0.4) is 0 Å². The van der Waals surface area contributed by atoms with Crippen LogP contribution in [-0.4, -0.2) is 43.6 Å². The van der Waals surface area contributed by atoms with E-state index >= 15 is 0 Å². The van der Waals surface area contributed by atoms with Gasteiger partial charge in [0.1, 0.15) is 24.8 Å². The summed E-state index contributed by atoms with van der Waals surface area (Å²) in [6, 6.07) is 12.3. The minimum absolute atomic E-state index is 0.0890. The van der Waals surface area contributed by atoms with Crippen molar-refractivity contribution in [1.82, 2.24) is 0 Å². The third kappa shape index (κ3) is 9.57. The molecular formula is C23H21FN2O6. The normalized spacial score (nSPS) is 10.8. The van der Waals surface area contributed by atoms with Crippen LogP contribution in [0.1, 0.15) is 24.0 Å². The monoisotopic (exact) mass is 440 g/mol. The molecule has 0 heterocycles. The van der Waals surface area contributed by atoms with Crippen molar-refractivity contribution in [2.75, 3.05) is 13.2 Å². The van der Waals surface area contributed by atoms with Crippen LogP contribution in [0.2, 0.25) is 0 Å². The number of nitrogens with zero attached hydrogens (tertiary/aromatic N) is 2. The van der Waals surface area contributed by atoms with E-state index in [0.717, 1.165) is 11.6 Å². The molecule has 0 atom stereocenters. The second-order valence-electron chi connectivity index (χ2n) is 6.18. The molecule has 0 saturated carbocycles. The van der Waals surface area contributed by atoms with E-state index in [2.05, 4.69) is 21.5 Å². The van der Waals surface area contributed by atoms with Crippen LogP contribution in [0.4, 0.5) is 4.39 Å². The zero-order valence-corrected chi connectivity index (χ0v) is 17.1. The van der Waals surface area contributed by atoms with E-state index in [1.165, 1.54) is 24.6 Å². The van der Waals surface area contributed by atoms with Gasteiger partial charge in [0.15, 0.2) is 0 Å². The zero-order chi connectivity index (χ0) is 23.2. The van der Waals surface area contributed by atoms with E-state index in [0.29, 0.717) is 11.3 Å². The molecule has 0 aliphatic carbocycles. The fourth-order valence-corrected chi connectivity index (χ4v) is 2.19. The lowest BCUT2D eigenvalue weighted by molar-refractivity contribution is -0.151. The fraction of sp³-hybridized carbons (Fsp3) is 0.174. The van der Waals surface area contributed by atoms with Gasteiger partial charge in [-0.15, -0.1) is 0 Å². The van der Waals surface area contributed by atoms with Crippen molar-refractivity contribution in [1.29, 1.82) is 0 Å². The first kappa shape index (κ1) is 24.1. The van der Waals surface area contributed by atoms with Gasteiger partial charge in [-0.05, 0) is 47.5 Å². The highest BCUT2D eigenvalue weighted by molar-refractivity contribution is 5.83. The lowest BCUT2D eigenvalue weighted by Gasteiger charge is -2.06. The molecule has 0 saturated heterocycles. The molecule has 0 bridgehead atoms. The van der Waals surface area contributed by atoms with Crippen LogP contribution in [-0.2, 0) is 23.9 Å². The number of rotatable bonds is 11. The van der Waals surface area contributed by atoms with E-state index < -0.39 is 17.9 Å². The highest BCUT2D eigenvalue weighted by atomic mass is 19.1. The highest BCUT2D eigenvalue weighted by Gasteiger charge is 2.10. The minimum Gasteiger partial charge on any atom is -0.462 e. The SMILES string of the molecule is C=CC(=O)OCCOC(=O)CCC(=O)Oc1ccc(/C=N/N=C/c2ccc(F)cc2)cc1. The number of carbonyl (C=O) groups excluding carboxylic acids is 3. The number of esters is 3. The maximum atomic E-state index is 12.8. The van der Waals surface area contributed by atoms with Crippen LogP contribution in [0.15, 0.2) is 71.4 Å². The Bertz CT molecular complexity index is 985. The number of benzene rings is 2. The van der Waals surface area contributed by atoms with Gasteiger partial charge >= 0.3 is 17.9 Å². The number of halogens is 1. The standard InChI is InChI=1S/C23H21FN2O6/c1-2-21(27)30-13-14-31-22(28)11-12-23(29)32-20-9-5-18(6-10-20)16-26-25-15-17-3-7-19(24)8-4-17/h2-10,15-16H,1,11-14H2/b25-15+,26-16+. The van der Waals surface area contributed by atoms with Crippen LogP contribution in [0, 0.1) is 5.82 Å². The van der Waals surface area contributed by atoms with Gasteiger partial charge in [-0.25, -0.2) is 9.18 Å². The average Bonchev–Trinajstić information content (AvgIpc) is 2.80. The third-order valence-electron chi connectivity index (χ3n) is 3.75. The van der Waals surface area contributed by atoms with Crippen molar-refractivity contribution in [2.45, 2.75) is 12.8 Å². The summed E-state index contributed by atoms with van der Waals surface area (Å²) in [6.07, 6.45) is 3.68. The Kier molecular flexibility index (Phi) is 9.97. The van der Waals surface area contributed by atoms with Gasteiger partial charge in [0.2, 0.25) is 0 Å². The molecule has 0 amide bonds. The summed E-state index contributed by atoms with van der Waals surface area (Å²) in [5.41, 5.74) is 1.44. The molecule has 0 fully saturated rings. The van der Waals surface area contributed by atoms with E-state index in [1.54, 1.807) is 36.4 Å². The van der Waals surface area contributed by atoms with Gasteiger partial charge in [-0.3, -0.25) is 9.59 Å². The Morgan fingerprint density at radius 2 is 1.34 bits per heavy atom. The maximum absolute atomic E-state index is 12.8. The van der Waals surface area contributed by atoms with Crippen molar-refractivity contribution in [3.63, 3.8) is 0 Å². The Balaban J connectivity index is 1.69. The van der Waals surface area contributed by atoms with Gasteiger partial charge in [-0.1, -0.05) is 18.7 Å². The first-order valence-corrected chi connectivity index (χ1v) is 9.54. The number of ether oxygens (including phenoxy) is 3. The number of hydrogen-bond donors (Lipinski definition) is 0. The fourth-order valence-electron chi connectivity index (χ4n) is 2.19. The second kappa shape index (κ2) is 13.2. The number of hydrogen-bond acceptors (Lipinski definition) is 8. The summed E-state index contributed by atoms with van der Waals surface area (Å²) in [6.45, 7) is 3.04. The Labute approximate surface area is 184 Å². The minimum atomic E-state index is -0.611. The summed E-state index contributed by atoms with van der Waals surface area (Å²) in [7, 11) is 0. The molecule has 2 aromatic carbocycles. The van der Waals surface area contributed by atoms with Gasteiger partial charge < -0.3 is 14.2 Å². The molecule has 0 radical (unpaired) electrons. The third-order valence-corrected chi connectivity index (χ3v) is 3.75. The molecule has 8 nitrogen and oxygen atoms in total. The summed E-state index contributed by atoms with van der Waals surface area (Å²) in [5, 5.41) is 7.78. The Hall–Kier alpha value is -4.14. The van der Waals surface area contributed by atoms with Crippen LogP contribution in [0.25, 0.3) is 0 Å². The topological polar surface area (TPSA) is 104 Å². The van der Waals surface area contributed by atoms with Gasteiger partial charge in [0, 0.05) is 6.08 Å².